The van der Waals surface area contributed by atoms with Gasteiger partial charge < -0.3 is 15.2 Å². The van der Waals surface area contributed by atoms with Crippen molar-refractivity contribution in [3.05, 3.63) is 21.9 Å². The van der Waals surface area contributed by atoms with Crippen LogP contribution in [0.15, 0.2) is 11.4 Å². The fourth-order valence-electron chi connectivity index (χ4n) is 1.29. The quantitative estimate of drug-likeness (QED) is 0.591. The molecule has 1 aromatic rings. The molecule has 0 aliphatic heterocycles. The highest BCUT2D eigenvalue weighted by atomic mass is 32.1. The summed E-state index contributed by atoms with van der Waals surface area (Å²) < 4.78 is 28.2. The van der Waals surface area contributed by atoms with E-state index in [1.165, 1.54) is 11.3 Å². The molecule has 1 aromatic heterocycles. The van der Waals surface area contributed by atoms with Crippen LogP contribution in [0.1, 0.15) is 16.9 Å². The minimum Gasteiger partial charge on any atom is -0.384 e. The molecule has 0 spiro atoms. The van der Waals surface area contributed by atoms with Crippen molar-refractivity contribution in [2.45, 2.75) is 19.4 Å². The molecule has 1 heterocycles. The van der Waals surface area contributed by atoms with Gasteiger partial charge in [-0.2, -0.15) is 0 Å². The zero-order valence-electron chi connectivity index (χ0n) is 10.7. The van der Waals surface area contributed by atoms with Crippen molar-refractivity contribution < 1.29 is 23.4 Å². The maximum Gasteiger partial charge on any atom is 0.261 e. The van der Waals surface area contributed by atoms with E-state index in [0.29, 0.717) is 6.54 Å². The topological polar surface area (TPSA) is 58.6 Å². The van der Waals surface area contributed by atoms with Crippen molar-refractivity contribution in [3.63, 3.8) is 0 Å². The van der Waals surface area contributed by atoms with Crippen LogP contribution in [0.25, 0.3) is 0 Å². The van der Waals surface area contributed by atoms with Gasteiger partial charge in [-0.25, -0.2) is 8.78 Å². The number of aliphatic hydroxyl groups excluding tert-OH is 1. The van der Waals surface area contributed by atoms with E-state index in [1.807, 2.05) is 11.4 Å². The second-order valence-corrected chi connectivity index (χ2v) is 4.75. The molecular formula is C13H15F2NO3S. The third kappa shape index (κ3) is 7.19. The van der Waals surface area contributed by atoms with Crippen molar-refractivity contribution in [3.8, 4) is 11.8 Å². The summed E-state index contributed by atoms with van der Waals surface area (Å²) in [5.41, 5.74) is 0.786. The maximum atomic E-state index is 11.8. The predicted molar refractivity (Wildman–Crippen MR) is 71.6 cm³/mol. The molecule has 0 aliphatic rings. The van der Waals surface area contributed by atoms with Crippen molar-refractivity contribution in [1.82, 2.24) is 5.32 Å². The summed E-state index contributed by atoms with van der Waals surface area (Å²) in [5.74, 6) is 5.04. The van der Waals surface area contributed by atoms with Crippen molar-refractivity contribution in [2.24, 2.45) is 0 Å². The number of ether oxygens (including phenoxy) is 1. The Morgan fingerprint density at radius 1 is 1.55 bits per heavy atom. The van der Waals surface area contributed by atoms with Crippen LogP contribution < -0.4 is 5.32 Å². The van der Waals surface area contributed by atoms with Gasteiger partial charge in [0.15, 0.2) is 0 Å². The van der Waals surface area contributed by atoms with Gasteiger partial charge in [0.05, 0.1) is 13.2 Å². The van der Waals surface area contributed by atoms with Crippen LogP contribution in [0.3, 0.4) is 0 Å². The summed E-state index contributed by atoms with van der Waals surface area (Å²) in [6.07, 6.45) is -2.46. The van der Waals surface area contributed by atoms with Gasteiger partial charge in [0.2, 0.25) is 5.91 Å². The number of thiophene rings is 1. The molecule has 0 aliphatic carbocycles. The van der Waals surface area contributed by atoms with E-state index in [9.17, 15) is 13.6 Å². The Morgan fingerprint density at radius 3 is 3.05 bits per heavy atom. The Kier molecular flexibility index (Phi) is 7.80. The summed E-state index contributed by atoms with van der Waals surface area (Å²) in [6, 6.07) is 1.82. The van der Waals surface area contributed by atoms with Crippen molar-refractivity contribution in [2.75, 3.05) is 19.8 Å². The van der Waals surface area contributed by atoms with Gasteiger partial charge in [0.25, 0.3) is 6.43 Å². The molecule has 1 amide bonds. The van der Waals surface area contributed by atoms with Crippen LogP contribution in [0.2, 0.25) is 0 Å². The average molecular weight is 303 g/mol. The van der Waals surface area contributed by atoms with Gasteiger partial charge in [-0.15, -0.1) is 11.3 Å². The summed E-state index contributed by atoms with van der Waals surface area (Å²) in [7, 11) is 0. The highest BCUT2D eigenvalue weighted by molar-refractivity contribution is 7.10. The number of carbonyl (C=O) groups excluding carboxylic acids is 1. The fraction of sp³-hybridized carbons (Fsp3) is 0.462. The Hall–Kier alpha value is -1.49. The fourth-order valence-corrected chi connectivity index (χ4v) is 2.05. The lowest BCUT2D eigenvalue weighted by Gasteiger charge is -2.04. The zero-order chi connectivity index (χ0) is 14.8. The zero-order valence-corrected chi connectivity index (χ0v) is 11.5. The van der Waals surface area contributed by atoms with Crippen molar-refractivity contribution in [1.29, 1.82) is 0 Å². The van der Waals surface area contributed by atoms with Gasteiger partial charge >= 0.3 is 0 Å². The number of hydrogen-bond donors (Lipinski definition) is 2. The lowest BCUT2D eigenvalue weighted by atomic mass is 10.3. The average Bonchev–Trinajstić information content (AvgIpc) is 2.87. The second-order valence-electron chi connectivity index (χ2n) is 3.75. The number of hydrogen-bond acceptors (Lipinski definition) is 4. The lowest BCUT2D eigenvalue weighted by Crippen LogP contribution is -2.23. The molecule has 0 fully saturated rings. The molecule has 0 saturated carbocycles. The van der Waals surface area contributed by atoms with Crippen LogP contribution >= 0.6 is 11.3 Å². The molecule has 1 rings (SSSR count). The van der Waals surface area contributed by atoms with Crippen LogP contribution in [0.5, 0.6) is 0 Å². The standard InChI is InChI=1S/C13H15F2NO3S/c14-12(15)8-19-5-3-13(18)16-7-11-6-10(9-20-11)2-1-4-17/h6,9,12,17H,3-5,7-8H2,(H,16,18). The SMILES string of the molecule is O=C(CCOCC(F)F)NCc1cc(C#CCO)cs1. The molecular weight excluding hydrogens is 288 g/mol. The summed E-state index contributed by atoms with van der Waals surface area (Å²) in [4.78, 5) is 12.3. The van der Waals surface area contributed by atoms with E-state index in [1.54, 1.807) is 0 Å². The summed E-state index contributed by atoms with van der Waals surface area (Å²) >= 11 is 1.44. The minimum atomic E-state index is -2.51. The summed E-state index contributed by atoms with van der Waals surface area (Å²) in [6.45, 7) is -0.501. The third-order valence-electron chi connectivity index (χ3n) is 2.14. The molecule has 4 nitrogen and oxygen atoms in total. The smallest absolute Gasteiger partial charge is 0.261 e. The van der Waals surface area contributed by atoms with E-state index in [4.69, 9.17) is 5.11 Å². The molecule has 2 N–H and O–H groups in total. The van der Waals surface area contributed by atoms with Crippen molar-refractivity contribution >= 4 is 17.2 Å². The normalized spacial score (nSPS) is 10.2. The maximum absolute atomic E-state index is 11.8. The molecule has 0 bridgehead atoms. The third-order valence-corrected chi connectivity index (χ3v) is 3.08. The first-order valence-electron chi connectivity index (χ1n) is 5.91. The van der Waals surface area contributed by atoms with Gasteiger partial charge in [0.1, 0.15) is 13.2 Å². The monoisotopic (exact) mass is 303 g/mol. The largest absolute Gasteiger partial charge is 0.384 e. The molecule has 0 aromatic carbocycles. The molecule has 0 unspecified atom stereocenters. The second kappa shape index (κ2) is 9.42. The Bertz CT molecular complexity index is 479. The highest BCUT2D eigenvalue weighted by Gasteiger charge is 2.05. The van der Waals surface area contributed by atoms with E-state index >= 15 is 0 Å². The van der Waals surface area contributed by atoms with Gasteiger partial charge in [-0.05, 0) is 6.07 Å². The first-order valence-corrected chi connectivity index (χ1v) is 6.79. The number of nitrogens with one attached hydrogen (secondary N) is 1. The Morgan fingerprint density at radius 2 is 2.35 bits per heavy atom. The highest BCUT2D eigenvalue weighted by Crippen LogP contribution is 2.13. The molecule has 0 saturated heterocycles. The number of halogens is 2. The van der Waals surface area contributed by atoms with Crippen LogP contribution in [0.4, 0.5) is 8.78 Å². The first-order chi connectivity index (χ1) is 9.61. The molecule has 7 heteroatoms. The van der Waals surface area contributed by atoms with E-state index in [0.717, 1.165) is 10.4 Å². The number of rotatable bonds is 7. The number of alkyl halides is 2. The van der Waals surface area contributed by atoms with Gasteiger partial charge in [0, 0.05) is 22.2 Å². The minimum absolute atomic E-state index is 0.0200. The number of carbonyl (C=O) groups is 1. The number of amides is 1. The Labute approximate surface area is 119 Å². The molecule has 0 atom stereocenters. The van der Waals surface area contributed by atoms with E-state index in [2.05, 4.69) is 21.9 Å². The molecule has 0 radical (unpaired) electrons. The van der Waals surface area contributed by atoms with Gasteiger partial charge in [-0.1, -0.05) is 11.8 Å². The van der Waals surface area contributed by atoms with Crippen LogP contribution in [-0.2, 0) is 16.1 Å². The van der Waals surface area contributed by atoms with Crippen LogP contribution in [0, 0.1) is 11.8 Å². The molecule has 110 valence electrons. The Balaban J connectivity index is 2.22. The van der Waals surface area contributed by atoms with Crippen LogP contribution in [-0.4, -0.2) is 37.3 Å². The molecule has 20 heavy (non-hydrogen) atoms. The predicted octanol–water partition coefficient (Wildman–Crippen LogP) is 1.38. The van der Waals surface area contributed by atoms with E-state index < -0.39 is 13.0 Å². The number of aliphatic hydroxyl groups is 1. The summed E-state index contributed by atoms with van der Waals surface area (Å²) in [5, 5.41) is 13.1. The van der Waals surface area contributed by atoms with Gasteiger partial charge in [-0.3, -0.25) is 4.79 Å². The van der Waals surface area contributed by atoms with E-state index in [-0.39, 0.29) is 25.5 Å². The lowest BCUT2D eigenvalue weighted by molar-refractivity contribution is -0.122. The first kappa shape index (κ1) is 16.6.